The fraction of sp³-hybridized carbons (Fsp3) is 0.385. The first kappa shape index (κ1) is 24.8. The first-order chi connectivity index (χ1) is 16.1. The SMILES string of the molecule is CC(=O)O[C@H]1[C@@H](CC(=O)OC(C)(C)C)[C@H](Oc2ccc(C#N)cc2)CN1C(=O)c1ccccc1. The van der Waals surface area contributed by atoms with Crippen LogP contribution in [0.3, 0.4) is 0 Å². The fourth-order valence-corrected chi connectivity index (χ4v) is 3.83. The highest BCUT2D eigenvalue weighted by atomic mass is 16.6. The number of carbonyl (C=O) groups is 3. The molecule has 2 aromatic carbocycles. The van der Waals surface area contributed by atoms with Gasteiger partial charge in [-0.3, -0.25) is 19.3 Å². The van der Waals surface area contributed by atoms with Gasteiger partial charge in [0.1, 0.15) is 17.5 Å². The number of ether oxygens (including phenoxy) is 3. The number of benzene rings is 2. The van der Waals surface area contributed by atoms with Crippen molar-refractivity contribution in [2.75, 3.05) is 6.54 Å². The molecule has 0 saturated carbocycles. The third-order valence-electron chi connectivity index (χ3n) is 5.19. The van der Waals surface area contributed by atoms with Crippen LogP contribution < -0.4 is 4.74 Å². The average Bonchev–Trinajstić information content (AvgIpc) is 3.09. The topological polar surface area (TPSA) is 106 Å². The maximum atomic E-state index is 13.3. The number of carbonyl (C=O) groups excluding carboxylic acids is 3. The minimum absolute atomic E-state index is 0.0964. The van der Waals surface area contributed by atoms with Crippen LogP contribution in [0.4, 0.5) is 0 Å². The second-order valence-corrected chi connectivity index (χ2v) is 9.07. The van der Waals surface area contributed by atoms with Crippen molar-refractivity contribution in [3.8, 4) is 11.8 Å². The summed E-state index contributed by atoms with van der Waals surface area (Å²) in [6.45, 7) is 6.64. The van der Waals surface area contributed by atoms with Gasteiger partial charge in [-0.1, -0.05) is 18.2 Å². The molecule has 0 aromatic heterocycles. The number of hydrogen-bond acceptors (Lipinski definition) is 7. The maximum Gasteiger partial charge on any atom is 0.306 e. The summed E-state index contributed by atoms with van der Waals surface area (Å²) in [5.41, 5.74) is 0.202. The molecule has 178 valence electrons. The van der Waals surface area contributed by atoms with Crippen molar-refractivity contribution in [1.29, 1.82) is 5.26 Å². The molecule has 3 atom stereocenters. The number of rotatable bonds is 6. The minimum atomic E-state index is -1.01. The van der Waals surface area contributed by atoms with Gasteiger partial charge >= 0.3 is 11.9 Å². The smallest absolute Gasteiger partial charge is 0.306 e. The molecular weight excluding hydrogens is 436 g/mol. The fourth-order valence-electron chi connectivity index (χ4n) is 3.83. The molecule has 0 N–H and O–H groups in total. The van der Waals surface area contributed by atoms with Gasteiger partial charge in [0.15, 0.2) is 6.23 Å². The molecule has 1 saturated heterocycles. The lowest BCUT2D eigenvalue weighted by molar-refractivity contribution is -0.164. The van der Waals surface area contributed by atoms with Crippen LogP contribution in [0.5, 0.6) is 5.75 Å². The molecule has 8 heteroatoms. The molecule has 8 nitrogen and oxygen atoms in total. The lowest BCUT2D eigenvalue weighted by atomic mass is 9.99. The Morgan fingerprint density at radius 2 is 1.71 bits per heavy atom. The van der Waals surface area contributed by atoms with Crippen molar-refractivity contribution in [2.24, 2.45) is 5.92 Å². The largest absolute Gasteiger partial charge is 0.488 e. The third kappa shape index (κ3) is 6.35. The number of nitriles is 1. The molecule has 0 aliphatic carbocycles. The van der Waals surface area contributed by atoms with E-state index in [1.165, 1.54) is 11.8 Å². The average molecular weight is 465 g/mol. The number of likely N-dealkylation sites (tertiary alicyclic amines) is 1. The first-order valence-electron chi connectivity index (χ1n) is 11.0. The van der Waals surface area contributed by atoms with Crippen molar-refractivity contribution in [3.05, 3.63) is 65.7 Å². The van der Waals surface area contributed by atoms with Crippen LogP contribution in [0.15, 0.2) is 54.6 Å². The van der Waals surface area contributed by atoms with Crippen molar-refractivity contribution >= 4 is 17.8 Å². The van der Waals surface area contributed by atoms with Crippen LogP contribution in [0.25, 0.3) is 0 Å². The standard InChI is InChI=1S/C26H28N2O6/c1-17(29)32-25-21(14-23(30)34-26(2,3)4)22(33-20-12-10-18(15-27)11-13-20)16-28(25)24(31)19-8-6-5-7-9-19/h5-13,21-22,25H,14,16H2,1-4H3/t21-,22+,25-/m0/s1. The third-order valence-corrected chi connectivity index (χ3v) is 5.19. The Hall–Kier alpha value is -3.86. The van der Waals surface area contributed by atoms with Gasteiger partial charge in [-0.2, -0.15) is 5.26 Å². The van der Waals surface area contributed by atoms with Gasteiger partial charge in [0.05, 0.1) is 30.5 Å². The van der Waals surface area contributed by atoms with Crippen molar-refractivity contribution in [1.82, 2.24) is 4.90 Å². The quantitative estimate of drug-likeness (QED) is 0.600. The van der Waals surface area contributed by atoms with Crippen LogP contribution >= 0.6 is 0 Å². The lowest BCUT2D eigenvalue weighted by Crippen LogP contribution is -2.41. The number of hydrogen-bond donors (Lipinski definition) is 0. The lowest BCUT2D eigenvalue weighted by Gasteiger charge is -2.28. The Labute approximate surface area is 199 Å². The molecular formula is C26H28N2O6. The van der Waals surface area contributed by atoms with Gasteiger partial charge in [0, 0.05) is 12.5 Å². The van der Waals surface area contributed by atoms with Crippen LogP contribution in [-0.2, 0) is 19.1 Å². The molecule has 1 amide bonds. The van der Waals surface area contributed by atoms with Gasteiger partial charge in [-0.05, 0) is 57.2 Å². The van der Waals surface area contributed by atoms with E-state index in [9.17, 15) is 14.4 Å². The highest BCUT2D eigenvalue weighted by Gasteiger charge is 2.49. The molecule has 34 heavy (non-hydrogen) atoms. The van der Waals surface area contributed by atoms with E-state index >= 15 is 0 Å². The summed E-state index contributed by atoms with van der Waals surface area (Å²) >= 11 is 0. The number of amides is 1. The summed E-state index contributed by atoms with van der Waals surface area (Å²) < 4.78 is 17.2. The molecule has 0 bridgehead atoms. The minimum Gasteiger partial charge on any atom is -0.488 e. The Bertz CT molecular complexity index is 1070. The van der Waals surface area contributed by atoms with E-state index in [4.69, 9.17) is 19.5 Å². The molecule has 1 heterocycles. The number of nitrogens with zero attached hydrogens (tertiary/aromatic N) is 2. The molecule has 1 aliphatic rings. The maximum absolute atomic E-state index is 13.3. The van der Waals surface area contributed by atoms with Crippen LogP contribution in [0.2, 0.25) is 0 Å². The summed E-state index contributed by atoms with van der Waals surface area (Å²) in [5.74, 6) is -1.61. The second kappa shape index (κ2) is 10.4. The monoisotopic (exact) mass is 464 g/mol. The zero-order valence-corrected chi connectivity index (χ0v) is 19.7. The molecule has 0 radical (unpaired) electrons. The van der Waals surface area contributed by atoms with E-state index in [1.807, 2.05) is 6.07 Å². The predicted molar refractivity (Wildman–Crippen MR) is 123 cm³/mol. The Kier molecular flexibility index (Phi) is 7.57. The summed E-state index contributed by atoms with van der Waals surface area (Å²) in [4.78, 5) is 39.4. The summed E-state index contributed by atoms with van der Waals surface area (Å²) in [7, 11) is 0. The molecule has 1 aliphatic heterocycles. The van der Waals surface area contributed by atoms with Gasteiger partial charge in [0.2, 0.25) is 0 Å². The van der Waals surface area contributed by atoms with E-state index in [-0.39, 0.29) is 18.9 Å². The Balaban J connectivity index is 1.93. The zero-order chi connectivity index (χ0) is 24.9. The predicted octanol–water partition coefficient (Wildman–Crippen LogP) is 3.70. The molecule has 1 fully saturated rings. The van der Waals surface area contributed by atoms with Gasteiger partial charge in [-0.15, -0.1) is 0 Å². The molecule has 2 aromatic rings. The van der Waals surface area contributed by atoms with Gasteiger partial charge in [0.25, 0.3) is 5.91 Å². The highest BCUT2D eigenvalue weighted by molar-refractivity contribution is 5.94. The second-order valence-electron chi connectivity index (χ2n) is 9.07. The summed E-state index contributed by atoms with van der Waals surface area (Å²) in [6, 6.07) is 17.2. The molecule has 0 unspecified atom stereocenters. The zero-order valence-electron chi connectivity index (χ0n) is 19.7. The number of esters is 2. The highest BCUT2D eigenvalue weighted by Crippen LogP contribution is 2.34. The summed E-state index contributed by atoms with van der Waals surface area (Å²) in [6.07, 6.45) is -1.78. The van der Waals surface area contributed by atoms with Crippen LogP contribution in [0, 0.1) is 17.2 Å². The van der Waals surface area contributed by atoms with E-state index < -0.39 is 35.8 Å². The molecule has 0 spiro atoms. The van der Waals surface area contributed by atoms with E-state index in [0.717, 1.165) is 0 Å². The van der Waals surface area contributed by atoms with Crippen molar-refractivity contribution in [3.63, 3.8) is 0 Å². The van der Waals surface area contributed by atoms with Crippen LogP contribution in [-0.4, -0.2) is 47.2 Å². The van der Waals surface area contributed by atoms with Gasteiger partial charge < -0.3 is 14.2 Å². The van der Waals surface area contributed by atoms with E-state index in [2.05, 4.69) is 0 Å². The van der Waals surface area contributed by atoms with E-state index in [1.54, 1.807) is 75.4 Å². The van der Waals surface area contributed by atoms with E-state index in [0.29, 0.717) is 16.9 Å². The summed E-state index contributed by atoms with van der Waals surface area (Å²) in [5, 5.41) is 9.03. The Morgan fingerprint density at radius 1 is 1.06 bits per heavy atom. The first-order valence-corrected chi connectivity index (χ1v) is 11.0. The van der Waals surface area contributed by atoms with Crippen LogP contribution in [0.1, 0.15) is 50.0 Å². The van der Waals surface area contributed by atoms with Crippen molar-refractivity contribution < 1.29 is 28.6 Å². The van der Waals surface area contributed by atoms with Crippen molar-refractivity contribution in [2.45, 2.75) is 52.0 Å². The Morgan fingerprint density at radius 3 is 2.26 bits per heavy atom. The van der Waals surface area contributed by atoms with Gasteiger partial charge in [-0.25, -0.2) is 0 Å². The molecule has 3 rings (SSSR count). The normalized spacial score (nSPS) is 19.7.